The van der Waals surface area contributed by atoms with Crippen LogP contribution in [0.2, 0.25) is 0 Å². The van der Waals surface area contributed by atoms with Crippen LogP contribution in [0.4, 0.5) is 4.79 Å². The fraction of sp³-hybridized carbons (Fsp3) is 0.625. The van der Waals surface area contributed by atoms with E-state index in [9.17, 15) is 4.79 Å². The van der Waals surface area contributed by atoms with Crippen molar-refractivity contribution in [2.24, 2.45) is 0 Å². The molecule has 1 amide bonds. The van der Waals surface area contributed by atoms with Gasteiger partial charge in [0.05, 0.1) is 0 Å². The van der Waals surface area contributed by atoms with Gasteiger partial charge in [-0.1, -0.05) is 0 Å². The third-order valence-corrected chi connectivity index (χ3v) is 4.77. The van der Waals surface area contributed by atoms with Gasteiger partial charge >= 0.3 is 6.09 Å². The van der Waals surface area contributed by atoms with Crippen LogP contribution in [0.25, 0.3) is 0 Å². The number of nitrogens with zero attached hydrogens (tertiary/aromatic N) is 2. The number of thioether (sulfide) groups is 1. The minimum Gasteiger partial charge on any atom is -0.444 e. The maximum atomic E-state index is 12.0. The zero-order valence-electron chi connectivity index (χ0n) is 13.0. The lowest BCUT2D eigenvalue weighted by atomic mass is 10.1. The van der Waals surface area contributed by atoms with Crippen LogP contribution in [-0.2, 0) is 10.5 Å². The number of hydrogen-bond acceptors (Lipinski definition) is 4. The van der Waals surface area contributed by atoms with Crippen molar-refractivity contribution in [2.75, 3.05) is 13.1 Å². The van der Waals surface area contributed by atoms with Gasteiger partial charge in [-0.2, -0.15) is 11.8 Å². The van der Waals surface area contributed by atoms with Crippen molar-refractivity contribution in [1.82, 2.24) is 9.88 Å². The van der Waals surface area contributed by atoms with Crippen LogP contribution in [0.15, 0.2) is 24.5 Å². The van der Waals surface area contributed by atoms with Crippen LogP contribution in [0, 0.1) is 0 Å². The van der Waals surface area contributed by atoms with Crippen molar-refractivity contribution in [2.45, 2.75) is 50.2 Å². The fourth-order valence-corrected chi connectivity index (χ4v) is 3.39. The molecule has 0 radical (unpaired) electrons. The highest BCUT2D eigenvalue weighted by atomic mass is 32.2. The number of likely N-dealkylation sites (tertiary alicyclic amines) is 1. The van der Waals surface area contributed by atoms with E-state index in [0.717, 1.165) is 31.7 Å². The molecule has 1 aliphatic rings. The van der Waals surface area contributed by atoms with E-state index >= 15 is 0 Å². The van der Waals surface area contributed by atoms with E-state index in [4.69, 9.17) is 4.74 Å². The Labute approximate surface area is 131 Å². The van der Waals surface area contributed by atoms with Crippen LogP contribution in [-0.4, -0.2) is 39.9 Å². The molecule has 0 bridgehead atoms. The summed E-state index contributed by atoms with van der Waals surface area (Å²) in [6, 6.07) is 4.12. The third kappa shape index (κ3) is 5.58. The SMILES string of the molecule is CC(C)(C)OC(=O)N1CCC(SCc2ccncc2)CC1. The molecule has 0 atom stereocenters. The van der Waals surface area contributed by atoms with E-state index in [1.54, 1.807) is 0 Å². The van der Waals surface area contributed by atoms with E-state index in [2.05, 4.69) is 17.1 Å². The van der Waals surface area contributed by atoms with Gasteiger partial charge in [-0.3, -0.25) is 4.98 Å². The Morgan fingerprint density at radius 1 is 1.33 bits per heavy atom. The van der Waals surface area contributed by atoms with Crippen molar-refractivity contribution in [3.05, 3.63) is 30.1 Å². The van der Waals surface area contributed by atoms with Crippen LogP contribution < -0.4 is 0 Å². The molecule has 5 heteroatoms. The summed E-state index contributed by atoms with van der Waals surface area (Å²) in [7, 11) is 0. The molecule has 0 aromatic carbocycles. The van der Waals surface area contributed by atoms with Gasteiger partial charge in [0.15, 0.2) is 0 Å². The molecule has 1 fully saturated rings. The number of carbonyl (C=O) groups excluding carboxylic acids is 1. The van der Waals surface area contributed by atoms with E-state index < -0.39 is 5.60 Å². The smallest absolute Gasteiger partial charge is 0.410 e. The molecule has 1 aliphatic heterocycles. The van der Waals surface area contributed by atoms with Gasteiger partial charge in [0.1, 0.15) is 5.60 Å². The zero-order chi connectivity index (χ0) is 15.3. The number of pyridine rings is 1. The number of piperidine rings is 1. The molecule has 2 heterocycles. The predicted molar refractivity (Wildman–Crippen MR) is 86.4 cm³/mol. The fourth-order valence-electron chi connectivity index (χ4n) is 2.22. The number of rotatable bonds is 3. The average Bonchev–Trinajstić information content (AvgIpc) is 2.45. The van der Waals surface area contributed by atoms with Crippen molar-refractivity contribution < 1.29 is 9.53 Å². The predicted octanol–water partition coefficient (Wildman–Crippen LogP) is 3.71. The third-order valence-electron chi connectivity index (χ3n) is 3.33. The van der Waals surface area contributed by atoms with Gasteiger partial charge in [-0.15, -0.1) is 0 Å². The zero-order valence-corrected chi connectivity index (χ0v) is 13.9. The molecule has 1 aromatic rings. The van der Waals surface area contributed by atoms with E-state index in [-0.39, 0.29) is 6.09 Å². The summed E-state index contributed by atoms with van der Waals surface area (Å²) in [6.45, 7) is 7.30. The summed E-state index contributed by atoms with van der Waals surface area (Å²) in [4.78, 5) is 17.8. The molecule has 4 nitrogen and oxygen atoms in total. The molecule has 116 valence electrons. The molecule has 0 spiro atoms. The summed E-state index contributed by atoms with van der Waals surface area (Å²) in [5.74, 6) is 1.01. The standard InChI is InChI=1S/C16H24N2O2S/c1-16(2,3)20-15(19)18-10-6-14(7-11-18)21-12-13-4-8-17-9-5-13/h4-5,8-9,14H,6-7,10-12H2,1-3H3. The first-order valence-corrected chi connectivity index (χ1v) is 8.47. The van der Waals surface area contributed by atoms with E-state index in [1.165, 1.54) is 5.56 Å². The Kier molecular flexibility index (Phi) is 5.51. The number of carbonyl (C=O) groups is 1. The minimum absolute atomic E-state index is 0.180. The first kappa shape index (κ1) is 16.1. The van der Waals surface area contributed by atoms with E-state index in [1.807, 2.05) is 49.8 Å². The van der Waals surface area contributed by atoms with Gasteiger partial charge in [0.2, 0.25) is 0 Å². The van der Waals surface area contributed by atoms with Gasteiger partial charge in [0, 0.05) is 36.5 Å². The lowest BCUT2D eigenvalue weighted by molar-refractivity contribution is 0.0219. The first-order chi connectivity index (χ1) is 9.94. The monoisotopic (exact) mass is 308 g/mol. The van der Waals surface area contributed by atoms with Gasteiger partial charge in [-0.25, -0.2) is 4.79 Å². The summed E-state index contributed by atoms with van der Waals surface area (Å²) in [5, 5.41) is 0.622. The number of ether oxygens (including phenoxy) is 1. The molecule has 21 heavy (non-hydrogen) atoms. The second-order valence-corrected chi connectivity index (χ2v) is 7.62. The highest BCUT2D eigenvalue weighted by molar-refractivity contribution is 7.99. The van der Waals surface area contributed by atoms with Crippen molar-refractivity contribution in [3.8, 4) is 0 Å². The second kappa shape index (κ2) is 7.16. The van der Waals surface area contributed by atoms with Crippen molar-refractivity contribution in [1.29, 1.82) is 0 Å². The second-order valence-electron chi connectivity index (χ2n) is 6.33. The topological polar surface area (TPSA) is 42.4 Å². The normalized spacial score (nSPS) is 16.8. The van der Waals surface area contributed by atoms with Crippen LogP contribution >= 0.6 is 11.8 Å². The molecular weight excluding hydrogens is 284 g/mol. The van der Waals surface area contributed by atoms with Gasteiger partial charge < -0.3 is 9.64 Å². The van der Waals surface area contributed by atoms with Crippen molar-refractivity contribution in [3.63, 3.8) is 0 Å². The first-order valence-electron chi connectivity index (χ1n) is 7.42. The average molecular weight is 308 g/mol. The van der Waals surface area contributed by atoms with Crippen LogP contribution in [0.1, 0.15) is 39.2 Å². The maximum absolute atomic E-state index is 12.0. The number of hydrogen-bond donors (Lipinski definition) is 0. The Bertz CT molecular complexity index is 451. The molecule has 0 saturated carbocycles. The number of aromatic nitrogens is 1. The molecule has 0 unspecified atom stereocenters. The largest absolute Gasteiger partial charge is 0.444 e. The Hall–Kier alpha value is -1.23. The molecule has 0 aliphatic carbocycles. The summed E-state index contributed by atoms with van der Waals surface area (Å²) < 4.78 is 5.41. The molecule has 1 saturated heterocycles. The number of amides is 1. The maximum Gasteiger partial charge on any atom is 0.410 e. The highest BCUT2D eigenvalue weighted by Crippen LogP contribution is 2.27. The molecule has 0 N–H and O–H groups in total. The minimum atomic E-state index is -0.413. The van der Waals surface area contributed by atoms with Gasteiger partial charge in [-0.05, 0) is 51.3 Å². The Morgan fingerprint density at radius 3 is 2.52 bits per heavy atom. The summed E-state index contributed by atoms with van der Waals surface area (Å²) >= 11 is 1.97. The lowest BCUT2D eigenvalue weighted by Crippen LogP contribution is -2.42. The summed E-state index contributed by atoms with van der Waals surface area (Å²) in [5.41, 5.74) is 0.897. The quantitative estimate of drug-likeness (QED) is 0.853. The van der Waals surface area contributed by atoms with Crippen LogP contribution in [0.5, 0.6) is 0 Å². The van der Waals surface area contributed by atoms with Crippen molar-refractivity contribution >= 4 is 17.9 Å². The Balaban J connectivity index is 1.72. The van der Waals surface area contributed by atoms with Gasteiger partial charge in [0.25, 0.3) is 0 Å². The molecule has 1 aromatic heterocycles. The van der Waals surface area contributed by atoms with E-state index in [0.29, 0.717) is 5.25 Å². The Morgan fingerprint density at radius 2 is 1.95 bits per heavy atom. The van der Waals surface area contributed by atoms with Crippen LogP contribution in [0.3, 0.4) is 0 Å². The summed E-state index contributed by atoms with van der Waals surface area (Å²) in [6.07, 6.45) is 5.56. The molecular formula is C16H24N2O2S. The highest BCUT2D eigenvalue weighted by Gasteiger charge is 2.26. The molecule has 2 rings (SSSR count). The lowest BCUT2D eigenvalue weighted by Gasteiger charge is -2.33.